The molecule has 1 saturated heterocycles. The van der Waals surface area contributed by atoms with Crippen LogP contribution in [0.3, 0.4) is 0 Å². The van der Waals surface area contributed by atoms with E-state index >= 15 is 0 Å². The van der Waals surface area contributed by atoms with Crippen LogP contribution in [0.1, 0.15) is 68.1 Å². The minimum atomic E-state index is 0.00930. The predicted octanol–water partition coefficient (Wildman–Crippen LogP) is 3.60. The van der Waals surface area contributed by atoms with Crippen molar-refractivity contribution in [2.45, 2.75) is 64.3 Å². The van der Waals surface area contributed by atoms with Gasteiger partial charge < -0.3 is 14.7 Å². The fourth-order valence-electron chi connectivity index (χ4n) is 4.37. The molecule has 2 heterocycles. The number of hydrogen-bond donors (Lipinski definition) is 1. The number of nitrogens with one attached hydrogen (secondary N) is 1. The number of piperidine rings is 1. The highest BCUT2D eigenvalue weighted by atomic mass is 16.5. The van der Waals surface area contributed by atoms with Gasteiger partial charge in [0.2, 0.25) is 17.6 Å². The van der Waals surface area contributed by atoms with Gasteiger partial charge in [0, 0.05) is 42.6 Å². The Morgan fingerprint density at radius 1 is 1.07 bits per heavy atom. The summed E-state index contributed by atoms with van der Waals surface area (Å²) in [6.45, 7) is 3.20. The molecule has 0 unspecified atom stereocenters. The fourth-order valence-corrected chi connectivity index (χ4v) is 4.37. The van der Waals surface area contributed by atoms with Gasteiger partial charge in [-0.25, -0.2) is 0 Å². The number of carbonyl (C=O) groups is 2. The third-order valence-corrected chi connectivity index (χ3v) is 6.27. The van der Waals surface area contributed by atoms with E-state index in [9.17, 15) is 9.59 Å². The van der Waals surface area contributed by atoms with Gasteiger partial charge in [-0.1, -0.05) is 43.5 Å². The highest BCUT2D eigenvalue weighted by molar-refractivity contribution is 5.94. The second kappa shape index (κ2) is 9.41. The smallest absolute Gasteiger partial charge is 0.253 e. The summed E-state index contributed by atoms with van der Waals surface area (Å²) in [5.41, 5.74) is 1.47. The number of benzene rings is 1. The normalized spacial score (nSPS) is 18.4. The minimum absolute atomic E-state index is 0.00930. The van der Waals surface area contributed by atoms with Gasteiger partial charge in [-0.3, -0.25) is 9.59 Å². The van der Waals surface area contributed by atoms with Crippen LogP contribution in [0.25, 0.3) is 11.4 Å². The van der Waals surface area contributed by atoms with Crippen molar-refractivity contribution in [2.75, 3.05) is 13.1 Å². The zero-order valence-corrected chi connectivity index (χ0v) is 17.6. The third-order valence-electron chi connectivity index (χ3n) is 6.27. The molecular weight excluding hydrogens is 380 g/mol. The minimum Gasteiger partial charge on any atom is -0.353 e. The van der Waals surface area contributed by atoms with Crippen LogP contribution in [-0.4, -0.2) is 46.0 Å². The van der Waals surface area contributed by atoms with Crippen molar-refractivity contribution in [3.63, 3.8) is 0 Å². The molecule has 1 aliphatic carbocycles. The first kappa shape index (κ1) is 20.6. The van der Waals surface area contributed by atoms with E-state index in [2.05, 4.69) is 15.5 Å². The van der Waals surface area contributed by atoms with Crippen LogP contribution >= 0.6 is 0 Å². The molecule has 2 amide bonds. The second-order valence-electron chi connectivity index (χ2n) is 8.35. The third kappa shape index (κ3) is 4.71. The lowest BCUT2D eigenvalue weighted by Crippen LogP contribution is -2.45. The number of amides is 2. The van der Waals surface area contributed by atoms with Crippen LogP contribution < -0.4 is 5.32 Å². The Morgan fingerprint density at radius 3 is 2.40 bits per heavy atom. The molecule has 1 aromatic heterocycles. The van der Waals surface area contributed by atoms with Crippen LogP contribution in [0.15, 0.2) is 28.8 Å². The van der Waals surface area contributed by atoms with Crippen molar-refractivity contribution >= 4 is 11.8 Å². The van der Waals surface area contributed by atoms with Crippen LogP contribution in [0.4, 0.5) is 0 Å². The maximum Gasteiger partial charge on any atom is 0.253 e. The van der Waals surface area contributed by atoms with E-state index in [-0.39, 0.29) is 17.7 Å². The molecule has 2 aromatic rings. The van der Waals surface area contributed by atoms with Crippen LogP contribution in [0.2, 0.25) is 0 Å². The Kier molecular flexibility index (Phi) is 6.45. The number of aromatic nitrogens is 2. The Morgan fingerprint density at radius 2 is 1.77 bits per heavy atom. The van der Waals surface area contributed by atoms with E-state index in [0.717, 1.165) is 31.2 Å². The molecule has 2 fully saturated rings. The van der Waals surface area contributed by atoms with Crippen molar-refractivity contribution in [1.29, 1.82) is 0 Å². The van der Waals surface area contributed by atoms with Crippen molar-refractivity contribution in [3.8, 4) is 11.4 Å². The summed E-state index contributed by atoms with van der Waals surface area (Å²) in [5.74, 6) is 1.33. The summed E-state index contributed by atoms with van der Waals surface area (Å²) >= 11 is 0. The molecule has 0 spiro atoms. The Labute approximate surface area is 177 Å². The Hall–Kier alpha value is -2.70. The lowest BCUT2D eigenvalue weighted by atomic mass is 9.92. The Balaban J connectivity index is 1.30. The molecular formula is C23H30N4O3. The fraction of sp³-hybridized carbons (Fsp3) is 0.565. The van der Waals surface area contributed by atoms with E-state index in [1.807, 2.05) is 36.1 Å². The van der Waals surface area contributed by atoms with E-state index in [1.165, 1.54) is 19.3 Å². The lowest BCUT2D eigenvalue weighted by molar-refractivity contribution is -0.127. The number of nitrogens with zero attached hydrogens (tertiary/aromatic N) is 3. The lowest BCUT2D eigenvalue weighted by Gasteiger charge is -2.33. The van der Waals surface area contributed by atoms with Crippen LogP contribution in [0.5, 0.6) is 0 Å². The maximum absolute atomic E-state index is 12.9. The molecule has 1 N–H and O–H groups in total. The Bertz CT molecular complexity index is 863. The first-order chi connectivity index (χ1) is 14.6. The van der Waals surface area contributed by atoms with E-state index in [0.29, 0.717) is 42.8 Å². The monoisotopic (exact) mass is 410 g/mol. The molecule has 0 bridgehead atoms. The highest BCUT2D eigenvalue weighted by Crippen LogP contribution is 2.23. The zero-order chi connectivity index (χ0) is 20.9. The van der Waals surface area contributed by atoms with E-state index in [1.54, 1.807) is 0 Å². The first-order valence-corrected chi connectivity index (χ1v) is 11.2. The standard InChI is InChI=1S/C23H30N4O3/c1-2-20-25-21(26-30-20)16-8-10-18(11-9-16)23(29)27-14-12-17(13-15-27)22(28)24-19-6-4-3-5-7-19/h8-11,17,19H,2-7,12-15H2,1H3,(H,24,28). The summed E-state index contributed by atoms with van der Waals surface area (Å²) in [5, 5.41) is 7.20. The van der Waals surface area contributed by atoms with Crippen LogP contribution in [-0.2, 0) is 11.2 Å². The largest absolute Gasteiger partial charge is 0.353 e. The van der Waals surface area contributed by atoms with E-state index < -0.39 is 0 Å². The zero-order valence-electron chi connectivity index (χ0n) is 17.6. The predicted molar refractivity (Wildman–Crippen MR) is 113 cm³/mol. The summed E-state index contributed by atoms with van der Waals surface area (Å²) in [7, 11) is 0. The number of aryl methyl sites for hydroxylation is 1. The van der Waals surface area contributed by atoms with Crippen molar-refractivity contribution in [3.05, 3.63) is 35.7 Å². The summed E-state index contributed by atoms with van der Waals surface area (Å²) in [4.78, 5) is 31.6. The van der Waals surface area contributed by atoms with Gasteiger partial charge in [0.25, 0.3) is 5.91 Å². The summed E-state index contributed by atoms with van der Waals surface area (Å²) in [6, 6.07) is 7.66. The number of hydrogen-bond acceptors (Lipinski definition) is 5. The summed E-state index contributed by atoms with van der Waals surface area (Å²) < 4.78 is 5.15. The van der Waals surface area contributed by atoms with Gasteiger partial charge in [0.1, 0.15) is 0 Å². The van der Waals surface area contributed by atoms with Gasteiger partial charge in [0.15, 0.2) is 0 Å². The molecule has 30 heavy (non-hydrogen) atoms. The number of carbonyl (C=O) groups excluding carboxylic acids is 2. The van der Waals surface area contributed by atoms with Crippen molar-refractivity contribution in [1.82, 2.24) is 20.4 Å². The second-order valence-corrected chi connectivity index (χ2v) is 8.35. The molecule has 0 atom stereocenters. The van der Waals surface area contributed by atoms with Gasteiger partial charge >= 0.3 is 0 Å². The highest BCUT2D eigenvalue weighted by Gasteiger charge is 2.29. The van der Waals surface area contributed by atoms with Gasteiger partial charge in [0.05, 0.1) is 0 Å². The van der Waals surface area contributed by atoms with Gasteiger partial charge in [-0.2, -0.15) is 4.98 Å². The van der Waals surface area contributed by atoms with Gasteiger partial charge in [-0.15, -0.1) is 0 Å². The molecule has 0 radical (unpaired) electrons. The number of rotatable bonds is 5. The molecule has 4 rings (SSSR count). The average molecular weight is 411 g/mol. The quantitative estimate of drug-likeness (QED) is 0.814. The average Bonchev–Trinajstić information content (AvgIpc) is 3.29. The van der Waals surface area contributed by atoms with Crippen molar-refractivity contribution in [2.24, 2.45) is 5.92 Å². The molecule has 1 saturated carbocycles. The molecule has 2 aliphatic rings. The maximum atomic E-state index is 12.9. The van der Waals surface area contributed by atoms with Crippen molar-refractivity contribution < 1.29 is 14.1 Å². The first-order valence-electron chi connectivity index (χ1n) is 11.2. The van der Waals surface area contributed by atoms with Gasteiger partial charge in [-0.05, 0) is 37.8 Å². The number of likely N-dealkylation sites (tertiary alicyclic amines) is 1. The molecule has 1 aliphatic heterocycles. The van der Waals surface area contributed by atoms with Crippen LogP contribution in [0, 0.1) is 5.92 Å². The molecule has 160 valence electrons. The summed E-state index contributed by atoms with van der Waals surface area (Å²) in [6.07, 6.45) is 8.05. The molecule has 1 aromatic carbocycles. The van der Waals surface area contributed by atoms with E-state index in [4.69, 9.17) is 4.52 Å². The SMILES string of the molecule is CCc1nc(-c2ccc(C(=O)N3CCC(C(=O)NC4CCCCC4)CC3)cc2)no1. The topological polar surface area (TPSA) is 88.3 Å². The molecule has 7 nitrogen and oxygen atoms in total. The molecule has 7 heteroatoms.